The minimum absolute atomic E-state index is 0.347. The zero-order valence-corrected chi connectivity index (χ0v) is 11.4. The first-order valence-corrected chi connectivity index (χ1v) is 6.18. The molecule has 0 atom stereocenters. The molecule has 1 aromatic heterocycles. The van der Waals surface area contributed by atoms with Crippen molar-refractivity contribution in [2.45, 2.75) is 19.7 Å². The second kappa shape index (κ2) is 4.55. The number of benzene rings is 1. The summed E-state index contributed by atoms with van der Waals surface area (Å²) in [6.45, 7) is 4.13. The number of hydrogen-bond donors (Lipinski definition) is 0. The van der Waals surface area contributed by atoms with Crippen LogP contribution in [0.1, 0.15) is 17.0 Å². The fourth-order valence-electron chi connectivity index (χ4n) is 1.75. The second-order valence-corrected chi connectivity index (χ2v) is 4.78. The van der Waals surface area contributed by atoms with Crippen LogP contribution >= 0.6 is 27.5 Å². The average molecular weight is 301 g/mol. The van der Waals surface area contributed by atoms with Crippen molar-refractivity contribution in [1.82, 2.24) is 14.8 Å². The SMILES string of the molecule is Cc1cc(C)c(-n2cnnc2CCl)c(Br)c1. The Bertz CT molecular complexity index is 499. The molecule has 0 saturated heterocycles. The van der Waals surface area contributed by atoms with Gasteiger partial charge in [0.15, 0.2) is 5.82 Å². The third-order valence-electron chi connectivity index (χ3n) is 2.38. The molecule has 3 nitrogen and oxygen atoms in total. The van der Waals surface area contributed by atoms with Gasteiger partial charge in [0.05, 0.1) is 11.6 Å². The van der Waals surface area contributed by atoms with Crippen LogP contribution in [0.15, 0.2) is 22.9 Å². The maximum Gasteiger partial charge on any atom is 0.152 e. The van der Waals surface area contributed by atoms with Crippen molar-refractivity contribution in [3.8, 4) is 5.69 Å². The summed E-state index contributed by atoms with van der Waals surface area (Å²) in [5, 5.41) is 7.86. The predicted molar refractivity (Wildman–Crippen MR) is 68.1 cm³/mol. The first-order chi connectivity index (χ1) is 7.63. The van der Waals surface area contributed by atoms with Gasteiger partial charge in [0.25, 0.3) is 0 Å². The van der Waals surface area contributed by atoms with Crippen LogP contribution in [0.4, 0.5) is 0 Å². The van der Waals surface area contributed by atoms with Crippen LogP contribution in [-0.4, -0.2) is 14.8 Å². The molecule has 0 aliphatic rings. The van der Waals surface area contributed by atoms with E-state index in [1.54, 1.807) is 6.33 Å². The summed E-state index contributed by atoms with van der Waals surface area (Å²) in [6.07, 6.45) is 1.68. The van der Waals surface area contributed by atoms with Crippen molar-refractivity contribution in [3.05, 3.63) is 39.9 Å². The molecule has 2 rings (SSSR count). The van der Waals surface area contributed by atoms with Crippen LogP contribution in [0.25, 0.3) is 5.69 Å². The molecular weight excluding hydrogens is 289 g/mol. The van der Waals surface area contributed by atoms with Crippen LogP contribution in [0, 0.1) is 13.8 Å². The maximum atomic E-state index is 5.82. The molecule has 0 saturated carbocycles. The molecule has 0 N–H and O–H groups in total. The Morgan fingerprint density at radius 2 is 2.12 bits per heavy atom. The first-order valence-electron chi connectivity index (χ1n) is 4.85. The van der Waals surface area contributed by atoms with Gasteiger partial charge in [-0.05, 0) is 47.0 Å². The summed E-state index contributed by atoms with van der Waals surface area (Å²) >= 11 is 9.38. The molecule has 0 radical (unpaired) electrons. The summed E-state index contributed by atoms with van der Waals surface area (Å²) in [4.78, 5) is 0. The fraction of sp³-hybridized carbons (Fsp3) is 0.273. The predicted octanol–water partition coefficient (Wildman–Crippen LogP) is 3.39. The minimum Gasteiger partial charge on any atom is -0.283 e. The highest BCUT2D eigenvalue weighted by molar-refractivity contribution is 9.10. The zero-order chi connectivity index (χ0) is 11.7. The Morgan fingerprint density at radius 1 is 1.38 bits per heavy atom. The van der Waals surface area contributed by atoms with Crippen molar-refractivity contribution in [3.63, 3.8) is 0 Å². The summed E-state index contributed by atoms with van der Waals surface area (Å²) < 4.78 is 2.93. The third kappa shape index (κ3) is 1.99. The van der Waals surface area contributed by atoms with Crippen LogP contribution in [-0.2, 0) is 5.88 Å². The van der Waals surface area contributed by atoms with E-state index in [9.17, 15) is 0 Å². The van der Waals surface area contributed by atoms with Crippen molar-refractivity contribution in [2.75, 3.05) is 0 Å². The number of alkyl halides is 1. The van der Waals surface area contributed by atoms with Crippen molar-refractivity contribution in [1.29, 1.82) is 0 Å². The van der Waals surface area contributed by atoms with E-state index in [1.165, 1.54) is 5.56 Å². The molecule has 84 valence electrons. The molecule has 1 aromatic carbocycles. The highest BCUT2D eigenvalue weighted by Crippen LogP contribution is 2.27. The van der Waals surface area contributed by atoms with E-state index in [0.717, 1.165) is 21.5 Å². The molecule has 0 bridgehead atoms. The topological polar surface area (TPSA) is 30.7 Å². The Balaban J connectivity index is 2.64. The van der Waals surface area contributed by atoms with Crippen molar-refractivity contribution in [2.24, 2.45) is 0 Å². The normalized spacial score (nSPS) is 10.8. The Hall–Kier alpha value is -0.870. The highest BCUT2D eigenvalue weighted by Gasteiger charge is 2.11. The minimum atomic E-state index is 0.347. The summed E-state index contributed by atoms with van der Waals surface area (Å²) in [5.41, 5.74) is 3.43. The first kappa shape index (κ1) is 11.6. The zero-order valence-electron chi connectivity index (χ0n) is 9.04. The molecule has 0 aliphatic heterocycles. The van der Waals surface area contributed by atoms with Crippen LogP contribution in [0.5, 0.6) is 0 Å². The van der Waals surface area contributed by atoms with Gasteiger partial charge in [-0.2, -0.15) is 0 Å². The van der Waals surface area contributed by atoms with Gasteiger partial charge < -0.3 is 0 Å². The quantitative estimate of drug-likeness (QED) is 0.796. The van der Waals surface area contributed by atoms with E-state index in [2.05, 4.69) is 52.1 Å². The lowest BCUT2D eigenvalue weighted by Gasteiger charge is -2.12. The Labute approximate surface area is 108 Å². The summed E-state index contributed by atoms with van der Waals surface area (Å²) in [7, 11) is 0. The standard InChI is InChI=1S/C11H11BrClN3/c1-7-3-8(2)11(9(12)4-7)16-6-14-15-10(16)5-13/h3-4,6H,5H2,1-2H3. The number of nitrogens with zero attached hydrogens (tertiary/aromatic N) is 3. The van der Waals surface area contributed by atoms with E-state index >= 15 is 0 Å². The molecular formula is C11H11BrClN3. The number of rotatable bonds is 2. The molecule has 0 fully saturated rings. The van der Waals surface area contributed by atoms with Gasteiger partial charge in [0.1, 0.15) is 6.33 Å². The van der Waals surface area contributed by atoms with E-state index in [1.807, 2.05) is 4.57 Å². The van der Waals surface area contributed by atoms with Gasteiger partial charge in [-0.25, -0.2) is 0 Å². The van der Waals surface area contributed by atoms with Gasteiger partial charge in [-0.1, -0.05) is 6.07 Å². The van der Waals surface area contributed by atoms with Crippen LogP contribution < -0.4 is 0 Å². The van der Waals surface area contributed by atoms with Gasteiger partial charge in [-0.15, -0.1) is 21.8 Å². The van der Waals surface area contributed by atoms with Crippen LogP contribution in [0.2, 0.25) is 0 Å². The Morgan fingerprint density at radius 3 is 2.75 bits per heavy atom. The van der Waals surface area contributed by atoms with E-state index in [0.29, 0.717) is 5.88 Å². The van der Waals surface area contributed by atoms with Crippen molar-refractivity contribution < 1.29 is 0 Å². The maximum absolute atomic E-state index is 5.82. The average Bonchev–Trinajstić information content (AvgIpc) is 2.64. The number of halogens is 2. The third-order valence-corrected chi connectivity index (χ3v) is 3.22. The molecule has 1 heterocycles. The van der Waals surface area contributed by atoms with Gasteiger partial charge >= 0.3 is 0 Å². The number of aryl methyl sites for hydroxylation is 2. The van der Waals surface area contributed by atoms with Gasteiger partial charge in [0, 0.05) is 4.47 Å². The number of aromatic nitrogens is 3. The monoisotopic (exact) mass is 299 g/mol. The second-order valence-electron chi connectivity index (χ2n) is 3.66. The van der Waals surface area contributed by atoms with Crippen molar-refractivity contribution >= 4 is 27.5 Å². The largest absolute Gasteiger partial charge is 0.283 e. The van der Waals surface area contributed by atoms with E-state index in [4.69, 9.17) is 11.6 Å². The summed E-state index contributed by atoms with van der Waals surface area (Å²) in [6, 6.07) is 4.19. The molecule has 0 amide bonds. The molecule has 0 unspecified atom stereocenters. The van der Waals surface area contributed by atoms with Crippen LogP contribution in [0.3, 0.4) is 0 Å². The molecule has 2 aromatic rings. The molecule has 0 spiro atoms. The highest BCUT2D eigenvalue weighted by atomic mass is 79.9. The smallest absolute Gasteiger partial charge is 0.152 e. The lowest BCUT2D eigenvalue weighted by molar-refractivity contribution is 0.938. The van der Waals surface area contributed by atoms with Gasteiger partial charge in [-0.3, -0.25) is 4.57 Å². The van der Waals surface area contributed by atoms with E-state index in [-0.39, 0.29) is 0 Å². The Kier molecular flexibility index (Phi) is 3.30. The lowest BCUT2D eigenvalue weighted by atomic mass is 10.1. The lowest BCUT2D eigenvalue weighted by Crippen LogP contribution is -2.02. The molecule has 0 aliphatic carbocycles. The van der Waals surface area contributed by atoms with Gasteiger partial charge in [0.2, 0.25) is 0 Å². The van der Waals surface area contributed by atoms with E-state index < -0.39 is 0 Å². The molecule has 5 heteroatoms. The fourth-order valence-corrected chi connectivity index (χ4v) is 2.80. The summed E-state index contributed by atoms with van der Waals surface area (Å²) in [5.74, 6) is 1.09. The number of hydrogen-bond acceptors (Lipinski definition) is 2. The molecule has 16 heavy (non-hydrogen) atoms.